The average molecular weight is 806 g/mol. The van der Waals surface area contributed by atoms with Crippen molar-refractivity contribution in [3.8, 4) is 0 Å². The highest BCUT2D eigenvalue weighted by Gasteiger charge is 1.97. The third-order valence-electron chi connectivity index (χ3n) is 5.96. The van der Waals surface area contributed by atoms with Gasteiger partial charge in [-0.1, -0.05) is 214 Å². The van der Waals surface area contributed by atoms with Gasteiger partial charge in [0.25, 0.3) is 0 Å². The Morgan fingerprint density at radius 3 is 0.883 bits per heavy atom. The van der Waals surface area contributed by atoms with Crippen molar-refractivity contribution < 1.29 is 0 Å². The number of nitrogens with zero attached hydrogens (tertiary/aromatic N) is 5. The average Bonchev–Trinajstić information content (AvgIpc) is 3.16. The van der Waals surface area contributed by atoms with Gasteiger partial charge in [-0.2, -0.15) is 0 Å². The number of hydrogen-bond acceptors (Lipinski definition) is 5. The van der Waals surface area contributed by atoms with E-state index < -0.39 is 0 Å². The van der Waals surface area contributed by atoms with Gasteiger partial charge in [-0.3, -0.25) is 15.0 Å². The first-order chi connectivity index (χ1) is 27.9. The molecule has 0 fully saturated rings. The largest absolute Gasteiger partial charge is 0.256 e. The lowest BCUT2D eigenvalue weighted by Crippen LogP contribution is -1.93. The molecule has 8 rings (SSSR count). The van der Waals surface area contributed by atoms with Gasteiger partial charge in [0, 0.05) is 35.6 Å². The van der Waals surface area contributed by atoms with Crippen molar-refractivity contribution in [3.63, 3.8) is 0 Å². The van der Waals surface area contributed by atoms with E-state index >= 15 is 0 Å². The van der Waals surface area contributed by atoms with E-state index in [1.807, 2.05) is 85.2 Å². The number of pyridine rings is 1. The van der Waals surface area contributed by atoms with E-state index in [4.69, 9.17) is 0 Å². The maximum atomic E-state index is 4.18. The fourth-order valence-electron chi connectivity index (χ4n) is 3.98. The first kappa shape index (κ1) is 52.5. The minimum Gasteiger partial charge on any atom is -0.256 e. The molecule has 0 unspecified atom stereocenters. The van der Waals surface area contributed by atoms with E-state index in [2.05, 4.69) is 196 Å². The molecule has 0 saturated carbocycles. The van der Waals surface area contributed by atoms with E-state index in [0.717, 1.165) is 27.5 Å². The van der Waals surface area contributed by atoms with Crippen molar-refractivity contribution in [1.29, 1.82) is 0 Å². The molecule has 0 N–H and O–H groups in total. The molecular weight excluding hydrogens is 731 g/mol. The number of benzene rings is 5. The predicted octanol–water partition coefficient (Wildman–Crippen LogP) is 16.5. The lowest BCUT2D eigenvalue weighted by molar-refractivity contribution is 0.469. The molecule has 5 nitrogen and oxygen atoms in total. The van der Waals surface area contributed by atoms with Gasteiger partial charge < -0.3 is 0 Å². The lowest BCUT2D eigenvalue weighted by Gasteiger charge is -2.05. The van der Waals surface area contributed by atoms with Crippen LogP contribution in [0.3, 0.4) is 0 Å². The highest BCUT2D eigenvalue weighted by Crippen LogP contribution is 2.13. The van der Waals surface area contributed by atoms with Crippen LogP contribution in [0.1, 0.15) is 111 Å². The molecule has 3 aromatic heterocycles. The molecule has 0 aliphatic heterocycles. The zero-order valence-electron chi connectivity index (χ0n) is 39.8. The molecule has 5 heteroatoms. The van der Waals surface area contributed by atoms with Crippen LogP contribution in [0.2, 0.25) is 0 Å². The summed E-state index contributed by atoms with van der Waals surface area (Å²) in [5.41, 5.74) is 5.96. The van der Waals surface area contributed by atoms with Crippen LogP contribution in [0, 0.1) is 21.7 Å². The summed E-state index contributed by atoms with van der Waals surface area (Å²) in [5, 5.41) is 4.91. The molecule has 8 aromatic rings. The van der Waals surface area contributed by atoms with Crippen molar-refractivity contribution in [2.75, 3.05) is 0 Å². The van der Waals surface area contributed by atoms with Gasteiger partial charge in [-0.15, -0.1) is 0 Å². The van der Waals surface area contributed by atoms with E-state index in [1.54, 1.807) is 18.7 Å². The van der Waals surface area contributed by atoms with Crippen LogP contribution in [0.15, 0.2) is 165 Å². The monoisotopic (exact) mass is 806 g/mol. The standard InChI is InChI=1S/C10H8.C9H7N.2C8H6N2.4C5H12/c1-2-6-10-8-4-3-7-9(10)5-1;1-2-6-9-8(4-1)5-3-7-10-9;1-2-4-8-7(3-1)5-9-6-10-8;1-2-4-8-7(3-1)9-5-6-10-8;4*1-5(2,3)4/h1-8H;1-7H;2*1-6H;4*1-4H3. The van der Waals surface area contributed by atoms with E-state index in [1.165, 1.54) is 16.2 Å². The van der Waals surface area contributed by atoms with Crippen molar-refractivity contribution in [2.45, 2.75) is 111 Å². The normalized spacial score (nSPS) is 10.7. The lowest BCUT2D eigenvalue weighted by atomic mass is 10.0. The van der Waals surface area contributed by atoms with Crippen LogP contribution < -0.4 is 0 Å². The minimum atomic E-state index is 0.500. The molecular formula is C55H75N5. The summed E-state index contributed by atoms with van der Waals surface area (Å²) in [5.74, 6) is 0. The molecule has 0 amide bonds. The van der Waals surface area contributed by atoms with Gasteiger partial charge in [0.2, 0.25) is 0 Å². The molecule has 0 spiro atoms. The van der Waals surface area contributed by atoms with Crippen molar-refractivity contribution in [2.24, 2.45) is 21.7 Å². The van der Waals surface area contributed by atoms with Crippen LogP contribution in [0.25, 0.3) is 43.6 Å². The minimum absolute atomic E-state index is 0.500. The van der Waals surface area contributed by atoms with Gasteiger partial charge in [0.15, 0.2) is 0 Å². The summed E-state index contributed by atoms with van der Waals surface area (Å²) in [7, 11) is 0. The van der Waals surface area contributed by atoms with Gasteiger partial charge >= 0.3 is 0 Å². The van der Waals surface area contributed by atoms with Gasteiger partial charge in [0.1, 0.15) is 6.33 Å². The van der Waals surface area contributed by atoms with Crippen molar-refractivity contribution in [3.05, 3.63) is 165 Å². The fraction of sp³-hybridized carbons (Fsp3) is 0.364. The van der Waals surface area contributed by atoms with E-state index in [0.29, 0.717) is 21.7 Å². The zero-order valence-corrected chi connectivity index (χ0v) is 39.8. The van der Waals surface area contributed by atoms with Crippen LogP contribution in [-0.2, 0) is 0 Å². The third kappa shape index (κ3) is 31.4. The van der Waals surface area contributed by atoms with Crippen LogP contribution in [0.4, 0.5) is 0 Å². The first-order valence-corrected chi connectivity index (χ1v) is 20.9. The Balaban J connectivity index is 0.000000351. The summed E-state index contributed by atoms with van der Waals surface area (Å²) < 4.78 is 0. The summed E-state index contributed by atoms with van der Waals surface area (Å²) in [6, 6.07) is 44.5. The molecule has 0 aliphatic rings. The molecule has 0 radical (unpaired) electrons. The second-order valence-electron chi connectivity index (χ2n) is 20.7. The summed E-state index contributed by atoms with van der Waals surface area (Å²) >= 11 is 0. The number of para-hydroxylation sites is 4. The third-order valence-corrected chi connectivity index (χ3v) is 5.96. The topological polar surface area (TPSA) is 64.5 Å². The van der Waals surface area contributed by atoms with Gasteiger partial charge in [0.05, 0.1) is 22.1 Å². The Bertz CT molecular complexity index is 1700. The maximum Gasteiger partial charge on any atom is 0.116 e. The number of hydrogen-bond donors (Lipinski definition) is 0. The Morgan fingerprint density at radius 1 is 0.267 bits per heavy atom. The summed E-state index contributed by atoms with van der Waals surface area (Å²) in [6.45, 7) is 35.0. The maximum absolute atomic E-state index is 4.18. The summed E-state index contributed by atoms with van der Waals surface area (Å²) in [6.07, 6.45) is 8.57. The number of rotatable bonds is 0. The number of fused-ring (bicyclic) bond motifs is 4. The first-order valence-electron chi connectivity index (χ1n) is 20.9. The number of aromatic nitrogens is 5. The molecule has 0 bridgehead atoms. The second-order valence-corrected chi connectivity index (χ2v) is 20.7. The van der Waals surface area contributed by atoms with Crippen LogP contribution in [-0.4, -0.2) is 24.9 Å². The molecule has 0 atom stereocenters. The second kappa shape index (κ2) is 26.5. The predicted molar refractivity (Wildman–Crippen MR) is 265 cm³/mol. The Labute approximate surface area is 364 Å². The Hall–Kier alpha value is -5.55. The highest BCUT2D eigenvalue weighted by molar-refractivity contribution is 5.82. The van der Waals surface area contributed by atoms with E-state index in [9.17, 15) is 0 Å². The van der Waals surface area contributed by atoms with Gasteiger partial charge in [-0.25, -0.2) is 9.97 Å². The fourth-order valence-corrected chi connectivity index (χ4v) is 3.98. The smallest absolute Gasteiger partial charge is 0.116 e. The molecule has 320 valence electrons. The highest BCUT2D eigenvalue weighted by atomic mass is 14.8. The van der Waals surface area contributed by atoms with Crippen LogP contribution in [0.5, 0.6) is 0 Å². The van der Waals surface area contributed by atoms with E-state index in [-0.39, 0.29) is 0 Å². The molecule has 0 saturated heterocycles. The SMILES string of the molecule is CC(C)(C)C.CC(C)(C)C.CC(C)(C)C.CC(C)(C)C.c1ccc2ccccc2c1.c1ccc2ncccc2c1.c1ccc2nccnc2c1.c1ccc2ncncc2c1. The molecule has 60 heavy (non-hydrogen) atoms. The molecule has 3 heterocycles. The van der Waals surface area contributed by atoms with Crippen LogP contribution >= 0.6 is 0 Å². The molecule has 0 aliphatic carbocycles. The van der Waals surface area contributed by atoms with Crippen molar-refractivity contribution in [1.82, 2.24) is 24.9 Å². The van der Waals surface area contributed by atoms with Crippen molar-refractivity contribution >= 4 is 43.6 Å². The zero-order chi connectivity index (χ0) is 45.2. The Kier molecular flexibility index (Phi) is 23.2. The van der Waals surface area contributed by atoms with Gasteiger partial charge in [-0.05, 0) is 62.8 Å². The summed E-state index contributed by atoms with van der Waals surface area (Å²) in [4.78, 5) is 20.4. The molecule has 5 aromatic carbocycles. The quantitative estimate of drug-likeness (QED) is 0.153. The Morgan fingerprint density at radius 2 is 0.533 bits per heavy atom.